The lowest BCUT2D eigenvalue weighted by Gasteiger charge is -2.03. The van der Waals surface area contributed by atoms with Crippen molar-refractivity contribution in [3.63, 3.8) is 0 Å². The highest BCUT2D eigenvalue weighted by Crippen LogP contribution is 1.96. The molecule has 0 amide bonds. The van der Waals surface area contributed by atoms with Gasteiger partial charge in [0.25, 0.3) is 0 Å². The molecule has 6 heteroatoms. The molecule has 68 valence electrons. The maximum atomic E-state index is 10.9. The SMILES string of the molecule is NC(O)CCS(=O)(=O)CCCl. The predicted octanol–water partition coefficient (Wildman–Crippen LogP) is -0.693. The standard InChI is InChI=1S/C5H12ClNO3S/c6-2-4-11(9,10)3-1-5(7)8/h5,8H,1-4,7H2. The summed E-state index contributed by atoms with van der Waals surface area (Å²) in [6.07, 6.45) is -0.987. The van der Waals surface area contributed by atoms with Crippen molar-refractivity contribution in [3.05, 3.63) is 0 Å². The van der Waals surface area contributed by atoms with Crippen molar-refractivity contribution < 1.29 is 13.5 Å². The van der Waals surface area contributed by atoms with Gasteiger partial charge in [0, 0.05) is 12.3 Å². The molecule has 11 heavy (non-hydrogen) atoms. The Morgan fingerprint density at radius 1 is 1.45 bits per heavy atom. The molecule has 0 aromatic carbocycles. The van der Waals surface area contributed by atoms with E-state index in [2.05, 4.69) is 0 Å². The molecule has 0 bridgehead atoms. The van der Waals surface area contributed by atoms with Crippen LogP contribution >= 0.6 is 11.6 Å². The summed E-state index contributed by atoms with van der Waals surface area (Å²) in [7, 11) is -3.10. The van der Waals surface area contributed by atoms with Gasteiger partial charge in [-0.2, -0.15) is 0 Å². The molecule has 0 saturated heterocycles. The van der Waals surface area contributed by atoms with Crippen LogP contribution in [0, 0.1) is 0 Å². The summed E-state index contributed by atoms with van der Waals surface area (Å²) < 4.78 is 21.8. The third-order valence-corrected chi connectivity index (χ3v) is 3.21. The van der Waals surface area contributed by atoms with Crippen LogP contribution in [0.2, 0.25) is 0 Å². The van der Waals surface area contributed by atoms with Crippen LogP contribution in [-0.2, 0) is 9.84 Å². The Bertz CT molecular complexity index is 190. The molecule has 1 unspecified atom stereocenters. The molecule has 0 spiro atoms. The molecule has 0 saturated carbocycles. The summed E-state index contributed by atoms with van der Waals surface area (Å²) in [6, 6.07) is 0. The highest BCUT2D eigenvalue weighted by Gasteiger charge is 2.10. The number of sulfone groups is 1. The first-order valence-corrected chi connectivity index (χ1v) is 5.53. The van der Waals surface area contributed by atoms with Gasteiger partial charge in [-0.05, 0) is 0 Å². The van der Waals surface area contributed by atoms with Crippen LogP contribution in [0.4, 0.5) is 0 Å². The largest absolute Gasteiger partial charge is 0.379 e. The van der Waals surface area contributed by atoms with E-state index >= 15 is 0 Å². The first-order chi connectivity index (χ1) is 4.98. The second-order valence-corrected chi connectivity index (χ2v) is 4.88. The van der Waals surface area contributed by atoms with Crippen molar-refractivity contribution in [2.24, 2.45) is 5.73 Å². The molecule has 0 aliphatic rings. The van der Waals surface area contributed by atoms with Gasteiger partial charge in [0.2, 0.25) is 0 Å². The van der Waals surface area contributed by atoms with E-state index < -0.39 is 16.1 Å². The monoisotopic (exact) mass is 201 g/mol. The van der Waals surface area contributed by atoms with Gasteiger partial charge in [-0.15, -0.1) is 11.6 Å². The lowest BCUT2D eigenvalue weighted by atomic mass is 10.4. The molecule has 0 aliphatic carbocycles. The molecular formula is C5H12ClNO3S. The number of nitrogens with two attached hydrogens (primary N) is 1. The normalized spacial score (nSPS) is 14.8. The number of rotatable bonds is 5. The summed E-state index contributed by atoms with van der Waals surface area (Å²) in [5.74, 6) is -0.0678. The zero-order chi connectivity index (χ0) is 8.91. The Labute approximate surface area is 71.3 Å². The number of aliphatic hydroxyl groups excluding tert-OH is 1. The Kier molecular flexibility index (Phi) is 4.99. The zero-order valence-electron chi connectivity index (χ0n) is 6.03. The maximum absolute atomic E-state index is 10.9. The van der Waals surface area contributed by atoms with Crippen molar-refractivity contribution in [2.75, 3.05) is 17.4 Å². The highest BCUT2D eigenvalue weighted by molar-refractivity contribution is 7.91. The fraction of sp³-hybridized carbons (Fsp3) is 1.00. The predicted molar refractivity (Wildman–Crippen MR) is 44.2 cm³/mol. The van der Waals surface area contributed by atoms with Gasteiger partial charge in [-0.25, -0.2) is 8.42 Å². The molecule has 0 heterocycles. The van der Waals surface area contributed by atoms with Crippen LogP contribution in [0.5, 0.6) is 0 Å². The smallest absolute Gasteiger partial charge is 0.151 e. The molecule has 1 atom stereocenters. The molecule has 3 N–H and O–H groups in total. The minimum atomic E-state index is -3.10. The summed E-state index contributed by atoms with van der Waals surface area (Å²) >= 11 is 5.23. The Morgan fingerprint density at radius 2 is 2.00 bits per heavy atom. The molecule has 0 aromatic heterocycles. The van der Waals surface area contributed by atoms with Crippen molar-refractivity contribution in [1.29, 1.82) is 0 Å². The Balaban J connectivity index is 3.74. The van der Waals surface area contributed by atoms with Crippen LogP contribution in [-0.4, -0.2) is 37.1 Å². The first-order valence-electron chi connectivity index (χ1n) is 3.18. The first kappa shape index (κ1) is 11.2. The number of alkyl halides is 1. The molecule has 0 fully saturated rings. The van der Waals surface area contributed by atoms with E-state index in [-0.39, 0.29) is 23.8 Å². The van der Waals surface area contributed by atoms with Gasteiger partial charge < -0.3 is 10.8 Å². The summed E-state index contributed by atoms with van der Waals surface area (Å²) in [6.45, 7) is 0. The highest BCUT2D eigenvalue weighted by atomic mass is 35.5. The second-order valence-electron chi connectivity index (χ2n) is 2.20. The summed E-state index contributed by atoms with van der Waals surface area (Å²) in [4.78, 5) is 0. The van der Waals surface area contributed by atoms with Gasteiger partial charge in [0.1, 0.15) is 6.23 Å². The van der Waals surface area contributed by atoms with E-state index in [1.165, 1.54) is 0 Å². The third-order valence-electron chi connectivity index (χ3n) is 1.11. The quantitative estimate of drug-likeness (QED) is 0.456. The number of halogens is 1. The number of hydrogen-bond donors (Lipinski definition) is 2. The minimum absolute atomic E-state index is 0.0543. The van der Waals surface area contributed by atoms with E-state index in [4.69, 9.17) is 22.4 Å². The average molecular weight is 202 g/mol. The minimum Gasteiger partial charge on any atom is -0.379 e. The second kappa shape index (κ2) is 4.92. The van der Waals surface area contributed by atoms with E-state index in [0.717, 1.165) is 0 Å². The van der Waals surface area contributed by atoms with Crippen LogP contribution in [0.1, 0.15) is 6.42 Å². The molecule has 4 nitrogen and oxygen atoms in total. The summed E-state index contributed by atoms with van der Waals surface area (Å²) in [5, 5.41) is 8.56. The van der Waals surface area contributed by atoms with Crippen molar-refractivity contribution >= 4 is 21.4 Å². The van der Waals surface area contributed by atoms with Crippen molar-refractivity contribution in [1.82, 2.24) is 0 Å². The molecular weight excluding hydrogens is 190 g/mol. The lowest BCUT2D eigenvalue weighted by Crippen LogP contribution is -2.24. The van der Waals surface area contributed by atoms with Gasteiger partial charge >= 0.3 is 0 Å². The molecule has 0 aliphatic heterocycles. The summed E-state index contributed by atoms with van der Waals surface area (Å²) in [5.41, 5.74) is 4.95. The van der Waals surface area contributed by atoms with E-state index in [1.807, 2.05) is 0 Å². The zero-order valence-corrected chi connectivity index (χ0v) is 7.61. The van der Waals surface area contributed by atoms with Crippen LogP contribution in [0.15, 0.2) is 0 Å². The van der Waals surface area contributed by atoms with Gasteiger partial charge in [-0.1, -0.05) is 0 Å². The fourth-order valence-corrected chi connectivity index (χ4v) is 2.27. The van der Waals surface area contributed by atoms with Crippen LogP contribution < -0.4 is 5.73 Å². The Morgan fingerprint density at radius 3 is 2.36 bits per heavy atom. The van der Waals surface area contributed by atoms with Crippen LogP contribution in [0.25, 0.3) is 0 Å². The third kappa shape index (κ3) is 6.55. The van der Waals surface area contributed by atoms with E-state index in [0.29, 0.717) is 0 Å². The fourth-order valence-electron chi connectivity index (χ4n) is 0.520. The number of hydrogen-bond acceptors (Lipinski definition) is 4. The van der Waals surface area contributed by atoms with Gasteiger partial charge in [0.05, 0.1) is 11.5 Å². The van der Waals surface area contributed by atoms with E-state index in [9.17, 15) is 8.42 Å². The maximum Gasteiger partial charge on any atom is 0.151 e. The lowest BCUT2D eigenvalue weighted by molar-refractivity contribution is 0.179. The van der Waals surface area contributed by atoms with Gasteiger partial charge in [0.15, 0.2) is 9.84 Å². The van der Waals surface area contributed by atoms with Gasteiger partial charge in [-0.3, -0.25) is 0 Å². The molecule has 0 aromatic rings. The van der Waals surface area contributed by atoms with Crippen LogP contribution in [0.3, 0.4) is 0 Å². The number of aliphatic hydroxyl groups is 1. The molecule has 0 radical (unpaired) electrons. The van der Waals surface area contributed by atoms with Crippen molar-refractivity contribution in [2.45, 2.75) is 12.6 Å². The average Bonchev–Trinajstić information content (AvgIpc) is 1.84. The van der Waals surface area contributed by atoms with E-state index in [1.54, 1.807) is 0 Å². The molecule has 0 rings (SSSR count). The topological polar surface area (TPSA) is 80.4 Å². The van der Waals surface area contributed by atoms with Crippen molar-refractivity contribution in [3.8, 4) is 0 Å². The Hall–Kier alpha value is 0.160.